The molecule has 1 aromatic carbocycles. The summed E-state index contributed by atoms with van der Waals surface area (Å²) in [7, 11) is -6.86. The van der Waals surface area contributed by atoms with Crippen LogP contribution in [-0.4, -0.2) is 34.9 Å². The molecular weight excluding hydrogens is 302 g/mol. The van der Waals surface area contributed by atoms with Crippen LogP contribution in [0.2, 0.25) is 0 Å². The smallest absolute Gasteiger partial charge is 0.238 e. The molecule has 6 nitrogen and oxygen atoms in total. The van der Waals surface area contributed by atoms with Crippen LogP contribution in [0.25, 0.3) is 0 Å². The lowest BCUT2D eigenvalue weighted by molar-refractivity contribution is 0.338. The van der Waals surface area contributed by atoms with Crippen LogP contribution in [0.5, 0.6) is 5.75 Å². The molecule has 114 valence electrons. The van der Waals surface area contributed by atoms with E-state index in [-0.39, 0.29) is 23.0 Å². The van der Waals surface area contributed by atoms with Gasteiger partial charge in [-0.3, -0.25) is 0 Å². The number of rotatable bonds is 6. The second kappa shape index (κ2) is 6.11. The molecule has 0 saturated carbocycles. The van der Waals surface area contributed by atoms with E-state index in [1.807, 2.05) is 0 Å². The number of nitrogens with two attached hydrogens (primary N) is 1. The molecule has 0 unspecified atom stereocenters. The molecule has 2 N–H and O–H groups in total. The van der Waals surface area contributed by atoms with Gasteiger partial charge in [0.25, 0.3) is 0 Å². The van der Waals surface area contributed by atoms with Gasteiger partial charge in [-0.2, -0.15) is 0 Å². The molecule has 0 radical (unpaired) electrons. The van der Waals surface area contributed by atoms with Gasteiger partial charge in [-0.05, 0) is 37.1 Å². The first kappa shape index (κ1) is 16.9. The molecule has 0 aliphatic carbocycles. The van der Waals surface area contributed by atoms with Gasteiger partial charge in [0.05, 0.1) is 10.6 Å². The summed E-state index contributed by atoms with van der Waals surface area (Å²) in [5.41, 5.74) is 1.06. The minimum absolute atomic E-state index is 0.0329. The molecule has 20 heavy (non-hydrogen) atoms. The lowest BCUT2D eigenvalue weighted by atomic mass is 10.1. The summed E-state index contributed by atoms with van der Waals surface area (Å²) in [6.07, 6.45) is 0. The summed E-state index contributed by atoms with van der Waals surface area (Å²) in [6, 6.07) is 2.97. The maximum absolute atomic E-state index is 11.4. The molecule has 0 atom stereocenters. The zero-order valence-electron chi connectivity index (χ0n) is 11.7. The average molecular weight is 321 g/mol. The van der Waals surface area contributed by atoms with Crippen molar-refractivity contribution in [1.82, 2.24) is 0 Å². The van der Waals surface area contributed by atoms with Gasteiger partial charge in [0.15, 0.2) is 9.84 Å². The van der Waals surface area contributed by atoms with Crippen LogP contribution >= 0.6 is 0 Å². The molecule has 0 amide bonds. The fourth-order valence-electron chi connectivity index (χ4n) is 1.65. The average Bonchev–Trinajstić information content (AvgIpc) is 2.31. The van der Waals surface area contributed by atoms with Crippen molar-refractivity contribution in [2.75, 3.05) is 18.1 Å². The standard InChI is InChI=1S/C12H19NO5S2/c1-4-19(14,15)6-5-18-11-7-10(3)12(8-9(11)2)20(13,16)17/h7-8H,4-6H2,1-3H3,(H2,13,16,17). The van der Waals surface area contributed by atoms with Crippen molar-refractivity contribution in [3.63, 3.8) is 0 Å². The van der Waals surface area contributed by atoms with E-state index in [1.54, 1.807) is 26.8 Å². The van der Waals surface area contributed by atoms with Crippen LogP contribution in [0, 0.1) is 13.8 Å². The molecule has 1 rings (SSSR count). The Morgan fingerprint density at radius 3 is 2.20 bits per heavy atom. The number of aryl methyl sites for hydroxylation is 2. The lowest BCUT2D eigenvalue weighted by Crippen LogP contribution is -2.17. The zero-order chi connectivity index (χ0) is 15.6. The number of benzene rings is 1. The van der Waals surface area contributed by atoms with E-state index in [4.69, 9.17) is 9.88 Å². The van der Waals surface area contributed by atoms with E-state index >= 15 is 0 Å². The van der Waals surface area contributed by atoms with Gasteiger partial charge in [-0.1, -0.05) is 6.92 Å². The summed E-state index contributed by atoms with van der Waals surface area (Å²) in [5, 5.41) is 5.10. The highest BCUT2D eigenvalue weighted by molar-refractivity contribution is 7.91. The third kappa shape index (κ3) is 4.46. The highest BCUT2D eigenvalue weighted by atomic mass is 32.2. The largest absolute Gasteiger partial charge is 0.492 e. The number of primary sulfonamides is 1. The fraction of sp³-hybridized carbons (Fsp3) is 0.500. The zero-order valence-corrected chi connectivity index (χ0v) is 13.3. The third-order valence-corrected chi connectivity index (χ3v) is 5.59. The predicted octanol–water partition coefficient (Wildman–Crippen LogP) is 0.764. The van der Waals surface area contributed by atoms with Crippen LogP contribution in [-0.2, 0) is 19.9 Å². The van der Waals surface area contributed by atoms with Gasteiger partial charge in [-0.25, -0.2) is 22.0 Å². The second-order valence-corrected chi connectivity index (χ2v) is 8.52. The molecule has 8 heteroatoms. The number of hydrogen-bond acceptors (Lipinski definition) is 5. The highest BCUT2D eigenvalue weighted by Gasteiger charge is 2.15. The molecule has 0 aliphatic rings. The Bertz CT molecular complexity index is 693. The van der Waals surface area contributed by atoms with Crippen LogP contribution in [0.15, 0.2) is 17.0 Å². The van der Waals surface area contributed by atoms with E-state index in [1.165, 1.54) is 6.07 Å². The van der Waals surface area contributed by atoms with E-state index in [0.29, 0.717) is 16.9 Å². The number of sulfone groups is 1. The SMILES string of the molecule is CCS(=O)(=O)CCOc1cc(C)c(S(N)(=O)=O)cc1C. The minimum atomic E-state index is -3.77. The Morgan fingerprint density at radius 1 is 1.10 bits per heavy atom. The van der Waals surface area contributed by atoms with Crippen molar-refractivity contribution >= 4 is 19.9 Å². The minimum Gasteiger partial charge on any atom is -0.492 e. The molecule has 0 spiro atoms. The van der Waals surface area contributed by atoms with E-state index in [0.717, 1.165) is 0 Å². The molecule has 0 aromatic heterocycles. The molecule has 0 aliphatic heterocycles. The van der Waals surface area contributed by atoms with Gasteiger partial charge < -0.3 is 4.74 Å². The van der Waals surface area contributed by atoms with Gasteiger partial charge >= 0.3 is 0 Å². The van der Waals surface area contributed by atoms with Crippen molar-refractivity contribution in [2.45, 2.75) is 25.7 Å². The molecule has 0 fully saturated rings. The summed E-state index contributed by atoms with van der Waals surface area (Å²) in [5.74, 6) is 0.457. The van der Waals surface area contributed by atoms with Crippen LogP contribution < -0.4 is 9.88 Å². The third-order valence-electron chi connectivity index (χ3n) is 2.87. The van der Waals surface area contributed by atoms with Gasteiger partial charge in [-0.15, -0.1) is 0 Å². The second-order valence-electron chi connectivity index (χ2n) is 4.51. The van der Waals surface area contributed by atoms with E-state index in [9.17, 15) is 16.8 Å². The number of ether oxygens (including phenoxy) is 1. The predicted molar refractivity (Wildman–Crippen MR) is 77.1 cm³/mol. The first-order valence-electron chi connectivity index (χ1n) is 6.04. The molecule has 0 heterocycles. The van der Waals surface area contributed by atoms with Crippen molar-refractivity contribution in [1.29, 1.82) is 0 Å². The maximum atomic E-state index is 11.4. The van der Waals surface area contributed by atoms with Crippen molar-refractivity contribution in [3.8, 4) is 5.75 Å². The van der Waals surface area contributed by atoms with Gasteiger partial charge in [0.1, 0.15) is 12.4 Å². The molecule has 1 aromatic rings. The summed E-state index contributed by atoms with van der Waals surface area (Å²) < 4.78 is 50.8. The Morgan fingerprint density at radius 2 is 1.70 bits per heavy atom. The van der Waals surface area contributed by atoms with Crippen molar-refractivity contribution in [2.24, 2.45) is 5.14 Å². The van der Waals surface area contributed by atoms with Crippen LogP contribution in [0.1, 0.15) is 18.1 Å². The lowest BCUT2D eigenvalue weighted by Gasteiger charge is -2.12. The van der Waals surface area contributed by atoms with E-state index in [2.05, 4.69) is 0 Å². The Kier molecular flexibility index (Phi) is 5.17. The summed E-state index contributed by atoms with van der Waals surface area (Å²) >= 11 is 0. The van der Waals surface area contributed by atoms with Gasteiger partial charge in [0, 0.05) is 5.75 Å². The highest BCUT2D eigenvalue weighted by Crippen LogP contribution is 2.25. The summed E-state index contributed by atoms with van der Waals surface area (Å²) in [6.45, 7) is 4.89. The van der Waals surface area contributed by atoms with E-state index < -0.39 is 19.9 Å². The monoisotopic (exact) mass is 321 g/mol. The normalized spacial score (nSPS) is 12.4. The molecular formula is C12H19NO5S2. The Hall–Kier alpha value is -1.12. The first-order chi connectivity index (χ1) is 9.07. The number of hydrogen-bond donors (Lipinski definition) is 1. The van der Waals surface area contributed by atoms with Crippen molar-refractivity contribution < 1.29 is 21.6 Å². The van der Waals surface area contributed by atoms with Gasteiger partial charge in [0.2, 0.25) is 10.0 Å². The molecule has 0 saturated heterocycles. The summed E-state index contributed by atoms with van der Waals surface area (Å²) in [4.78, 5) is 0.0449. The maximum Gasteiger partial charge on any atom is 0.238 e. The quantitative estimate of drug-likeness (QED) is 0.833. The Balaban J connectivity index is 2.92. The topological polar surface area (TPSA) is 104 Å². The number of sulfonamides is 1. The molecule has 0 bridgehead atoms. The van der Waals surface area contributed by atoms with Crippen molar-refractivity contribution in [3.05, 3.63) is 23.3 Å². The van der Waals surface area contributed by atoms with Crippen LogP contribution in [0.4, 0.5) is 0 Å². The fourth-order valence-corrected chi connectivity index (χ4v) is 3.12. The van der Waals surface area contributed by atoms with Crippen LogP contribution in [0.3, 0.4) is 0 Å². The first-order valence-corrected chi connectivity index (χ1v) is 9.41. The Labute approximate surface area is 119 Å².